The Morgan fingerprint density at radius 1 is 1.15 bits per heavy atom. The highest BCUT2D eigenvalue weighted by Crippen LogP contribution is 2.09. The summed E-state index contributed by atoms with van der Waals surface area (Å²) in [7, 11) is 4.77. The van der Waals surface area contributed by atoms with E-state index in [0.29, 0.717) is 6.42 Å². The molecule has 0 aromatic heterocycles. The van der Waals surface area contributed by atoms with Crippen molar-refractivity contribution in [1.29, 1.82) is 0 Å². The second-order valence-electron chi connectivity index (χ2n) is 3.08. The van der Waals surface area contributed by atoms with Gasteiger partial charge in [-0.1, -0.05) is 0 Å². The van der Waals surface area contributed by atoms with Crippen LogP contribution in [0.4, 0.5) is 0 Å². The average Bonchev–Trinajstić information content (AvgIpc) is 2.14. The van der Waals surface area contributed by atoms with Crippen molar-refractivity contribution in [3.05, 3.63) is 0 Å². The highest BCUT2D eigenvalue weighted by atomic mass is 16.5. The fourth-order valence-corrected chi connectivity index (χ4v) is 1.11. The second kappa shape index (κ2) is 7.26. The lowest BCUT2D eigenvalue weighted by Gasteiger charge is -2.23. The van der Waals surface area contributed by atoms with Crippen molar-refractivity contribution in [1.82, 2.24) is 0 Å². The molecule has 80 valence electrons. The molecule has 0 amide bonds. The van der Waals surface area contributed by atoms with Crippen LogP contribution in [0.2, 0.25) is 0 Å². The molecule has 4 heteroatoms. The number of hydrogen-bond acceptors (Lipinski definition) is 4. The van der Waals surface area contributed by atoms with E-state index in [9.17, 15) is 5.11 Å². The summed E-state index contributed by atoms with van der Waals surface area (Å²) in [6.07, 6.45) is -0.0729. The summed E-state index contributed by atoms with van der Waals surface area (Å²) >= 11 is 0. The maximum Gasteiger partial charge on any atom is 0.103 e. The van der Waals surface area contributed by atoms with Crippen LogP contribution in [0.5, 0.6) is 0 Å². The van der Waals surface area contributed by atoms with Crippen LogP contribution in [0.25, 0.3) is 0 Å². The Labute approximate surface area is 79.8 Å². The molecular formula is C9H20O4. The van der Waals surface area contributed by atoms with E-state index >= 15 is 0 Å². The first-order valence-electron chi connectivity index (χ1n) is 4.38. The van der Waals surface area contributed by atoms with Gasteiger partial charge in [0.1, 0.15) is 6.10 Å². The van der Waals surface area contributed by atoms with Gasteiger partial charge >= 0.3 is 0 Å². The molecule has 0 fully saturated rings. The molecule has 0 aliphatic rings. The molecule has 0 heterocycles. The zero-order valence-electron chi connectivity index (χ0n) is 8.82. The van der Waals surface area contributed by atoms with Gasteiger partial charge in [-0.15, -0.1) is 0 Å². The first-order valence-corrected chi connectivity index (χ1v) is 4.38. The zero-order chi connectivity index (χ0) is 10.3. The van der Waals surface area contributed by atoms with E-state index in [4.69, 9.17) is 14.2 Å². The molecule has 0 saturated carbocycles. The van der Waals surface area contributed by atoms with Crippen LogP contribution in [0.15, 0.2) is 0 Å². The van der Waals surface area contributed by atoms with Gasteiger partial charge in [-0.3, -0.25) is 0 Å². The average molecular weight is 192 g/mol. The summed E-state index contributed by atoms with van der Waals surface area (Å²) in [5.74, 6) is 0. The lowest BCUT2D eigenvalue weighted by atomic mass is 10.1. The van der Waals surface area contributed by atoms with Crippen LogP contribution in [-0.2, 0) is 14.2 Å². The molecule has 13 heavy (non-hydrogen) atoms. The zero-order valence-corrected chi connectivity index (χ0v) is 8.82. The van der Waals surface area contributed by atoms with Gasteiger partial charge in [-0.25, -0.2) is 0 Å². The Bertz CT molecular complexity index is 118. The van der Waals surface area contributed by atoms with Crippen LogP contribution in [0.1, 0.15) is 13.3 Å². The van der Waals surface area contributed by atoms with Crippen molar-refractivity contribution >= 4 is 0 Å². The Morgan fingerprint density at radius 3 is 2.15 bits per heavy atom. The largest absolute Gasteiger partial charge is 0.388 e. The van der Waals surface area contributed by atoms with E-state index < -0.39 is 6.10 Å². The van der Waals surface area contributed by atoms with Crippen molar-refractivity contribution in [3.63, 3.8) is 0 Å². The van der Waals surface area contributed by atoms with E-state index in [1.54, 1.807) is 21.3 Å². The Balaban J connectivity index is 3.86. The van der Waals surface area contributed by atoms with Crippen LogP contribution in [0.3, 0.4) is 0 Å². The van der Waals surface area contributed by atoms with Crippen LogP contribution in [-0.4, -0.2) is 51.4 Å². The quantitative estimate of drug-likeness (QED) is 0.635. The third kappa shape index (κ3) is 5.21. The molecule has 0 aromatic carbocycles. The number of hydrogen-bond donors (Lipinski definition) is 1. The predicted octanol–water partition coefficient (Wildman–Crippen LogP) is 0.434. The molecule has 4 nitrogen and oxygen atoms in total. The number of aliphatic hydroxyl groups excluding tert-OH is 1. The molecule has 0 radical (unpaired) electrons. The number of aliphatic hydroxyl groups is 1. The topological polar surface area (TPSA) is 47.9 Å². The monoisotopic (exact) mass is 192 g/mol. The van der Waals surface area contributed by atoms with E-state index in [-0.39, 0.29) is 18.8 Å². The van der Waals surface area contributed by atoms with E-state index in [2.05, 4.69) is 0 Å². The maximum absolute atomic E-state index is 9.55. The normalized spacial score (nSPS) is 18.2. The van der Waals surface area contributed by atoms with Gasteiger partial charge in [-0.05, 0) is 6.92 Å². The van der Waals surface area contributed by atoms with E-state index in [1.807, 2.05) is 6.92 Å². The summed E-state index contributed by atoms with van der Waals surface area (Å²) in [6, 6.07) is 0. The predicted molar refractivity (Wildman–Crippen MR) is 49.8 cm³/mol. The van der Waals surface area contributed by atoms with Crippen molar-refractivity contribution in [2.24, 2.45) is 0 Å². The van der Waals surface area contributed by atoms with Gasteiger partial charge in [0, 0.05) is 27.8 Å². The molecule has 0 spiro atoms. The van der Waals surface area contributed by atoms with Gasteiger partial charge < -0.3 is 19.3 Å². The molecule has 0 aromatic rings. The van der Waals surface area contributed by atoms with Gasteiger partial charge in [0.2, 0.25) is 0 Å². The fraction of sp³-hybridized carbons (Fsp3) is 1.00. The van der Waals surface area contributed by atoms with Gasteiger partial charge in [0.15, 0.2) is 0 Å². The lowest BCUT2D eigenvalue weighted by Crippen LogP contribution is -2.34. The molecule has 0 unspecified atom stereocenters. The van der Waals surface area contributed by atoms with Crippen LogP contribution in [0, 0.1) is 0 Å². The van der Waals surface area contributed by atoms with Crippen LogP contribution >= 0.6 is 0 Å². The summed E-state index contributed by atoms with van der Waals surface area (Å²) in [5.41, 5.74) is 0. The molecule has 3 atom stereocenters. The van der Waals surface area contributed by atoms with Gasteiger partial charge in [0.25, 0.3) is 0 Å². The van der Waals surface area contributed by atoms with Gasteiger partial charge in [0.05, 0.1) is 18.8 Å². The highest BCUT2D eigenvalue weighted by Gasteiger charge is 2.20. The minimum Gasteiger partial charge on any atom is -0.388 e. The smallest absolute Gasteiger partial charge is 0.103 e. The van der Waals surface area contributed by atoms with Crippen molar-refractivity contribution < 1.29 is 19.3 Å². The lowest BCUT2D eigenvalue weighted by molar-refractivity contribution is -0.0672. The minimum absolute atomic E-state index is 0.0801. The van der Waals surface area contributed by atoms with Gasteiger partial charge in [-0.2, -0.15) is 0 Å². The Kier molecular flexibility index (Phi) is 7.17. The first kappa shape index (κ1) is 12.8. The molecular weight excluding hydrogens is 172 g/mol. The van der Waals surface area contributed by atoms with E-state index in [0.717, 1.165) is 0 Å². The van der Waals surface area contributed by atoms with Crippen molar-refractivity contribution in [3.8, 4) is 0 Å². The number of rotatable bonds is 7. The molecule has 0 saturated heterocycles. The molecule has 0 aliphatic carbocycles. The molecule has 0 bridgehead atoms. The molecule has 0 rings (SSSR count). The molecule has 1 N–H and O–H groups in total. The van der Waals surface area contributed by atoms with E-state index in [1.165, 1.54) is 0 Å². The third-order valence-electron chi connectivity index (χ3n) is 2.04. The van der Waals surface area contributed by atoms with Crippen LogP contribution < -0.4 is 0 Å². The summed E-state index contributed by atoms with van der Waals surface area (Å²) in [5, 5.41) is 9.55. The number of methoxy groups -OCH3 is 3. The first-order chi connectivity index (χ1) is 6.15. The summed E-state index contributed by atoms with van der Waals surface area (Å²) in [4.78, 5) is 0. The fourth-order valence-electron chi connectivity index (χ4n) is 1.11. The summed E-state index contributed by atoms with van der Waals surface area (Å²) < 4.78 is 15.0. The second-order valence-corrected chi connectivity index (χ2v) is 3.08. The van der Waals surface area contributed by atoms with Crippen molar-refractivity contribution in [2.75, 3.05) is 27.9 Å². The highest BCUT2D eigenvalue weighted by molar-refractivity contribution is 4.71. The Morgan fingerprint density at radius 2 is 1.77 bits per heavy atom. The minimum atomic E-state index is -0.590. The maximum atomic E-state index is 9.55. The standard InChI is InChI=1S/C9H20O4/c1-7(12-3)5-9(13-4)8(10)6-11-2/h7-10H,5-6H2,1-4H3/t7-,8+,9-/m0/s1. The molecule has 0 aliphatic heterocycles. The number of ether oxygens (including phenoxy) is 3. The SMILES string of the molecule is COC[C@@H](O)[C@H](C[C@H](C)OC)OC. The summed E-state index contributed by atoms with van der Waals surface area (Å²) in [6.45, 7) is 2.22. The Hall–Kier alpha value is -0.160. The third-order valence-corrected chi connectivity index (χ3v) is 2.04. The van der Waals surface area contributed by atoms with Crippen molar-refractivity contribution in [2.45, 2.75) is 31.7 Å².